The Balaban J connectivity index is 2.49. The number of nitrogens with zero attached hydrogens (tertiary/aromatic N) is 1. The minimum Gasteiger partial charge on any atom is -0.398 e. The van der Waals surface area contributed by atoms with Crippen molar-refractivity contribution in [3.05, 3.63) is 46.6 Å². The van der Waals surface area contributed by atoms with Gasteiger partial charge in [-0.3, -0.25) is 4.72 Å². The van der Waals surface area contributed by atoms with E-state index in [-0.39, 0.29) is 21.6 Å². The van der Waals surface area contributed by atoms with Crippen LogP contribution in [0.15, 0.2) is 35.2 Å². The van der Waals surface area contributed by atoms with Gasteiger partial charge in [0.05, 0.1) is 5.69 Å². The van der Waals surface area contributed by atoms with Crippen molar-refractivity contribution in [1.82, 2.24) is 4.98 Å². The van der Waals surface area contributed by atoms with E-state index < -0.39 is 10.0 Å². The van der Waals surface area contributed by atoms with E-state index in [0.29, 0.717) is 5.56 Å². The summed E-state index contributed by atoms with van der Waals surface area (Å²) in [7, 11) is -3.81. The molecule has 2 aromatic rings. The zero-order chi connectivity index (χ0) is 14.9. The van der Waals surface area contributed by atoms with Crippen LogP contribution in [0.1, 0.15) is 11.1 Å². The van der Waals surface area contributed by atoms with Gasteiger partial charge in [0.2, 0.25) is 0 Å². The molecular formula is C13H14ClN3O2S. The normalized spacial score (nSPS) is 11.3. The molecule has 7 heteroatoms. The maximum absolute atomic E-state index is 12.4. The molecule has 1 heterocycles. The van der Waals surface area contributed by atoms with Crippen molar-refractivity contribution in [2.45, 2.75) is 18.7 Å². The van der Waals surface area contributed by atoms with Crippen LogP contribution in [0, 0.1) is 13.8 Å². The number of aromatic nitrogens is 1. The van der Waals surface area contributed by atoms with Gasteiger partial charge in [-0.25, -0.2) is 13.4 Å². The van der Waals surface area contributed by atoms with Crippen LogP contribution in [0.3, 0.4) is 0 Å². The van der Waals surface area contributed by atoms with Crippen molar-refractivity contribution in [3.63, 3.8) is 0 Å². The van der Waals surface area contributed by atoms with Crippen LogP contribution >= 0.6 is 11.6 Å². The van der Waals surface area contributed by atoms with Gasteiger partial charge in [0, 0.05) is 0 Å². The largest absolute Gasteiger partial charge is 0.398 e. The highest BCUT2D eigenvalue weighted by atomic mass is 35.5. The smallest absolute Gasteiger partial charge is 0.265 e. The van der Waals surface area contributed by atoms with Gasteiger partial charge in [-0.1, -0.05) is 23.7 Å². The fourth-order valence-corrected chi connectivity index (χ4v) is 3.42. The number of anilines is 2. The fraction of sp³-hybridized carbons (Fsp3) is 0.154. The number of pyridine rings is 1. The first-order chi connectivity index (χ1) is 9.31. The summed E-state index contributed by atoms with van der Waals surface area (Å²) >= 11 is 5.74. The molecule has 0 atom stereocenters. The standard InChI is InChI=1S/C13H14ClN3O2S/c1-8-6-7-10(15)13(9(8)2)20(18,19)17-12-5-3-4-11(14)16-12/h3-7H,15H2,1-2H3,(H,16,17). The van der Waals surface area contributed by atoms with Crippen LogP contribution in [0.4, 0.5) is 11.5 Å². The van der Waals surface area contributed by atoms with Crippen LogP contribution < -0.4 is 10.5 Å². The molecule has 1 aromatic carbocycles. The van der Waals surface area contributed by atoms with Crippen LogP contribution in [0.2, 0.25) is 5.15 Å². The number of nitrogens with one attached hydrogen (secondary N) is 1. The number of hydrogen-bond donors (Lipinski definition) is 2. The van der Waals surface area contributed by atoms with Crippen LogP contribution in [0.25, 0.3) is 0 Å². The molecule has 2 rings (SSSR count). The predicted octanol–water partition coefficient (Wildman–Crippen LogP) is 2.73. The van der Waals surface area contributed by atoms with E-state index in [1.54, 1.807) is 31.2 Å². The summed E-state index contributed by atoms with van der Waals surface area (Å²) in [6.45, 7) is 3.54. The van der Waals surface area contributed by atoms with Crippen molar-refractivity contribution in [2.75, 3.05) is 10.5 Å². The van der Waals surface area contributed by atoms with Crippen molar-refractivity contribution >= 4 is 33.1 Å². The molecule has 0 bridgehead atoms. The Bertz CT molecular complexity index is 760. The van der Waals surface area contributed by atoms with Crippen LogP contribution in [0.5, 0.6) is 0 Å². The van der Waals surface area contributed by atoms with E-state index in [0.717, 1.165) is 5.56 Å². The molecule has 0 aliphatic carbocycles. The van der Waals surface area contributed by atoms with Crippen molar-refractivity contribution in [3.8, 4) is 0 Å². The van der Waals surface area contributed by atoms with E-state index >= 15 is 0 Å². The predicted molar refractivity (Wildman–Crippen MR) is 80.4 cm³/mol. The summed E-state index contributed by atoms with van der Waals surface area (Å²) in [5.41, 5.74) is 7.45. The van der Waals surface area contributed by atoms with Crippen LogP contribution in [-0.2, 0) is 10.0 Å². The Morgan fingerprint density at radius 2 is 1.90 bits per heavy atom. The lowest BCUT2D eigenvalue weighted by atomic mass is 10.1. The van der Waals surface area contributed by atoms with Crippen molar-refractivity contribution < 1.29 is 8.42 Å². The monoisotopic (exact) mass is 311 g/mol. The molecule has 0 radical (unpaired) electrons. The molecule has 0 fully saturated rings. The average molecular weight is 312 g/mol. The second kappa shape index (κ2) is 5.30. The summed E-state index contributed by atoms with van der Waals surface area (Å²) < 4.78 is 27.2. The third kappa shape index (κ3) is 2.86. The van der Waals surface area contributed by atoms with Gasteiger partial charge in [-0.2, -0.15) is 0 Å². The molecule has 106 valence electrons. The molecule has 0 aliphatic rings. The van der Waals surface area contributed by atoms with E-state index in [1.165, 1.54) is 6.07 Å². The SMILES string of the molecule is Cc1ccc(N)c(S(=O)(=O)Nc2cccc(Cl)n2)c1C. The molecule has 0 spiro atoms. The van der Waals surface area contributed by atoms with Gasteiger partial charge in [-0.05, 0) is 43.2 Å². The van der Waals surface area contributed by atoms with E-state index in [4.69, 9.17) is 17.3 Å². The third-order valence-electron chi connectivity index (χ3n) is 2.93. The maximum atomic E-state index is 12.4. The number of nitrogen functional groups attached to an aromatic ring is 1. The zero-order valence-electron chi connectivity index (χ0n) is 11.0. The van der Waals surface area contributed by atoms with Gasteiger partial charge in [0.15, 0.2) is 0 Å². The Morgan fingerprint density at radius 1 is 1.20 bits per heavy atom. The molecule has 20 heavy (non-hydrogen) atoms. The molecule has 0 saturated carbocycles. The Hall–Kier alpha value is -1.79. The molecule has 0 unspecified atom stereocenters. The Kier molecular flexibility index (Phi) is 3.87. The van der Waals surface area contributed by atoms with Crippen molar-refractivity contribution in [1.29, 1.82) is 0 Å². The lowest BCUT2D eigenvalue weighted by Crippen LogP contribution is -2.17. The highest BCUT2D eigenvalue weighted by Crippen LogP contribution is 2.27. The quantitative estimate of drug-likeness (QED) is 0.674. The molecule has 3 N–H and O–H groups in total. The van der Waals surface area contributed by atoms with Gasteiger partial charge >= 0.3 is 0 Å². The summed E-state index contributed by atoms with van der Waals surface area (Å²) in [6, 6.07) is 8.04. The first-order valence-electron chi connectivity index (χ1n) is 5.82. The van der Waals surface area contributed by atoms with E-state index in [9.17, 15) is 8.42 Å². The highest BCUT2D eigenvalue weighted by Gasteiger charge is 2.21. The number of halogens is 1. The van der Waals surface area contributed by atoms with Gasteiger partial charge in [0.25, 0.3) is 10.0 Å². The number of benzene rings is 1. The molecule has 0 saturated heterocycles. The molecule has 0 aliphatic heterocycles. The fourth-order valence-electron chi connectivity index (χ4n) is 1.82. The van der Waals surface area contributed by atoms with Gasteiger partial charge in [-0.15, -0.1) is 0 Å². The minimum atomic E-state index is -3.81. The summed E-state index contributed by atoms with van der Waals surface area (Å²) in [4.78, 5) is 3.97. The average Bonchev–Trinajstić information content (AvgIpc) is 2.33. The minimum absolute atomic E-state index is 0.0688. The lowest BCUT2D eigenvalue weighted by Gasteiger charge is -2.13. The van der Waals surface area contributed by atoms with E-state index in [1.807, 2.05) is 6.92 Å². The Labute approximate surface area is 122 Å². The molecule has 5 nitrogen and oxygen atoms in total. The first kappa shape index (κ1) is 14.6. The van der Waals surface area contributed by atoms with E-state index in [2.05, 4.69) is 9.71 Å². The molecule has 1 aromatic heterocycles. The number of rotatable bonds is 3. The summed E-state index contributed by atoms with van der Waals surface area (Å²) in [5, 5.41) is 0.208. The highest BCUT2D eigenvalue weighted by molar-refractivity contribution is 7.93. The topological polar surface area (TPSA) is 85.1 Å². The summed E-state index contributed by atoms with van der Waals surface area (Å²) in [6.07, 6.45) is 0. The second-order valence-electron chi connectivity index (χ2n) is 4.38. The zero-order valence-corrected chi connectivity index (χ0v) is 12.6. The van der Waals surface area contributed by atoms with Crippen molar-refractivity contribution in [2.24, 2.45) is 0 Å². The van der Waals surface area contributed by atoms with Gasteiger partial charge in [0.1, 0.15) is 15.9 Å². The lowest BCUT2D eigenvalue weighted by molar-refractivity contribution is 0.600. The number of hydrogen-bond acceptors (Lipinski definition) is 4. The third-order valence-corrected chi connectivity index (χ3v) is 4.70. The second-order valence-corrected chi connectivity index (χ2v) is 6.38. The Morgan fingerprint density at radius 3 is 2.55 bits per heavy atom. The van der Waals surface area contributed by atoms with Gasteiger partial charge < -0.3 is 5.73 Å². The first-order valence-corrected chi connectivity index (χ1v) is 7.68. The van der Waals surface area contributed by atoms with Crippen LogP contribution in [-0.4, -0.2) is 13.4 Å². The molecule has 0 amide bonds. The number of nitrogens with two attached hydrogens (primary N) is 1. The maximum Gasteiger partial charge on any atom is 0.265 e. The number of aryl methyl sites for hydroxylation is 1. The number of sulfonamides is 1. The summed E-state index contributed by atoms with van der Waals surface area (Å²) in [5.74, 6) is 0.151. The molecular weight excluding hydrogens is 298 g/mol.